The Balaban J connectivity index is 0.000000531. The molecule has 0 unspecified atom stereocenters. The van der Waals surface area contributed by atoms with E-state index in [0.717, 1.165) is 17.9 Å². The molecule has 3 nitrogen and oxygen atoms in total. The molecule has 0 bridgehead atoms. The molecule has 2 heterocycles. The van der Waals surface area contributed by atoms with Crippen molar-refractivity contribution in [2.24, 2.45) is 0 Å². The molecule has 0 saturated heterocycles. The van der Waals surface area contributed by atoms with Crippen molar-refractivity contribution in [2.75, 3.05) is 6.79 Å². The molecule has 84 valence electrons. The highest BCUT2D eigenvalue weighted by molar-refractivity contribution is 5.49. The van der Waals surface area contributed by atoms with Crippen molar-refractivity contribution < 1.29 is 9.47 Å². The number of nitrogens with zero attached hydrogens (tertiary/aromatic N) is 1. The standard InChI is InChI=1S/C10H13NO2.C2H6/c1-4-8-6(2)7(3)11-10-9(8)12-5-13-10;1-2/h4-5H2,1-3H3;1-2H3. The quantitative estimate of drug-likeness (QED) is 0.712. The first-order chi connectivity index (χ1) is 7.24. The van der Waals surface area contributed by atoms with Crippen LogP contribution in [0.1, 0.15) is 37.6 Å². The van der Waals surface area contributed by atoms with Gasteiger partial charge in [-0.25, -0.2) is 4.98 Å². The van der Waals surface area contributed by atoms with Crippen LogP contribution >= 0.6 is 0 Å². The van der Waals surface area contributed by atoms with Crippen molar-refractivity contribution in [3.63, 3.8) is 0 Å². The molecule has 0 radical (unpaired) electrons. The lowest BCUT2D eigenvalue weighted by Gasteiger charge is -2.08. The third-order valence-corrected chi connectivity index (χ3v) is 2.49. The summed E-state index contributed by atoms with van der Waals surface area (Å²) in [5.41, 5.74) is 3.47. The summed E-state index contributed by atoms with van der Waals surface area (Å²) in [6.45, 7) is 10.5. The molecular weight excluding hydrogens is 190 g/mol. The van der Waals surface area contributed by atoms with E-state index in [1.54, 1.807) is 0 Å². The number of pyridine rings is 1. The van der Waals surface area contributed by atoms with Gasteiger partial charge in [0.15, 0.2) is 5.75 Å². The van der Waals surface area contributed by atoms with Crippen molar-refractivity contribution in [3.8, 4) is 11.6 Å². The summed E-state index contributed by atoms with van der Waals surface area (Å²) >= 11 is 0. The molecule has 0 aliphatic carbocycles. The molecule has 1 aliphatic heterocycles. The largest absolute Gasteiger partial charge is 0.451 e. The second kappa shape index (κ2) is 5.01. The van der Waals surface area contributed by atoms with E-state index in [4.69, 9.17) is 9.47 Å². The molecule has 0 aromatic carbocycles. The van der Waals surface area contributed by atoms with Crippen LogP contribution in [0.15, 0.2) is 0 Å². The Morgan fingerprint density at radius 2 is 1.87 bits per heavy atom. The first-order valence-electron chi connectivity index (χ1n) is 5.49. The van der Waals surface area contributed by atoms with E-state index >= 15 is 0 Å². The Labute approximate surface area is 91.4 Å². The molecule has 0 saturated carbocycles. The van der Waals surface area contributed by atoms with Crippen LogP contribution in [-0.2, 0) is 6.42 Å². The van der Waals surface area contributed by atoms with Crippen molar-refractivity contribution in [1.82, 2.24) is 4.98 Å². The molecule has 3 heteroatoms. The summed E-state index contributed by atoms with van der Waals surface area (Å²) < 4.78 is 10.6. The third-order valence-electron chi connectivity index (χ3n) is 2.49. The molecule has 0 spiro atoms. The van der Waals surface area contributed by atoms with E-state index in [0.29, 0.717) is 12.7 Å². The van der Waals surface area contributed by atoms with Crippen LogP contribution < -0.4 is 9.47 Å². The minimum atomic E-state index is 0.304. The third kappa shape index (κ3) is 2.06. The monoisotopic (exact) mass is 209 g/mol. The van der Waals surface area contributed by atoms with E-state index in [1.807, 2.05) is 20.8 Å². The van der Waals surface area contributed by atoms with Crippen LogP contribution in [0.25, 0.3) is 0 Å². The molecule has 1 aromatic heterocycles. The van der Waals surface area contributed by atoms with E-state index in [2.05, 4.69) is 18.8 Å². The molecule has 2 rings (SSSR count). The van der Waals surface area contributed by atoms with Gasteiger partial charge in [-0.3, -0.25) is 0 Å². The maximum absolute atomic E-state index is 5.37. The van der Waals surface area contributed by atoms with Gasteiger partial charge in [0.05, 0.1) is 0 Å². The fourth-order valence-corrected chi connectivity index (χ4v) is 1.62. The van der Waals surface area contributed by atoms with E-state index in [9.17, 15) is 0 Å². The van der Waals surface area contributed by atoms with Gasteiger partial charge in [-0.05, 0) is 25.8 Å². The Kier molecular flexibility index (Phi) is 3.95. The number of hydrogen-bond donors (Lipinski definition) is 0. The Morgan fingerprint density at radius 3 is 2.47 bits per heavy atom. The predicted molar refractivity (Wildman–Crippen MR) is 60.6 cm³/mol. The first kappa shape index (κ1) is 11.8. The zero-order valence-electron chi connectivity index (χ0n) is 10.2. The zero-order valence-corrected chi connectivity index (χ0v) is 10.2. The van der Waals surface area contributed by atoms with Gasteiger partial charge in [-0.15, -0.1) is 0 Å². The van der Waals surface area contributed by atoms with Crippen molar-refractivity contribution in [3.05, 3.63) is 16.8 Å². The summed E-state index contributed by atoms with van der Waals surface area (Å²) in [5.74, 6) is 1.49. The number of hydrogen-bond acceptors (Lipinski definition) is 3. The van der Waals surface area contributed by atoms with Gasteiger partial charge in [-0.2, -0.15) is 0 Å². The average molecular weight is 209 g/mol. The minimum absolute atomic E-state index is 0.304. The van der Waals surface area contributed by atoms with E-state index in [-0.39, 0.29) is 0 Å². The topological polar surface area (TPSA) is 31.4 Å². The minimum Gasteiger partial charge on any atom is -0.451 e. The van der Waals surface area contributed by atoms with Gasteiger partial charge in [0.1, 0.15) is 0 Å². The maximum Gasteiger partial charge on any atom is 0.260 e. The first-order valence-corrected chi connectivity index (χ1v) is 5.49. The van der Waals surface area contributed by atoms with Gasteiger partial charge in [-0.1, -0.05) is 20.8 Å². The Morgan fingerprint density at radius 1 is 1.20 bits per heavy atom. The number of aromatic nitrogens is 1. The molecule has 15 heavy (non-hydrogen) atoms. The second-order valence-corrected chi connectivity index (χ2v) is 3.20. The fourth-order valence-electron chi connectivity index (χ4n) is 1.62. The zero-order chi connectivity index (χ0) is 11.4. The summed E-state index contributed by atoms with van der Waals surface area (Å²) in [5, 5.41) is 0. The molecule has 0 N–H and O–H groups in total. The highest BCUT2D eigenvalue weighted by Gasteiger charge is 2.21. The van der Waals surface area contributed by atoms with Crippen LogP contribution in [0.4, 0.5) is 0 Å². The lowest BCUT2D eigenvalue weighted by Crippen LogP contribution is -1.96. The van der Waals surface area contributed by atoms with Gasteiger partial charge < -0.3 is 9.47 Å². The van der Waals surface area contributed by atoms with Gasteiger partial charge in [0, 0.05) is 11.3 Å². The van der Waals surface area contributed by atoms with Crippen LogP contribution in [0, 0.1) is 13.8 Å². The van der Waals surface area contributed by atoms with Gasteiger partial charge >= 0.3 is 0 Å². The summed E-state index contributed by atoms with van der Waals surface area (Å²) in [4.78, 5) is 4.31. The smallest absolute Gasteiger partial charge is 0.260 e. The molecular formula is C12H19NO2. The molecule has 0 fully saturated rings. The number of aryl methyl sites for hydroxylation is 1. The number of rotatable bonds is 1. The fraction of sp³-hybridized carbons (Fsp3) is 0.583. The van der Waals surface area contributed by atoms with Crippen molar-refractivity contribution in [2.45, 2.75) is 41.0 Å². The van der Waals surface area contributed by atoms with Crippen LogP contribution in [-0.4, -0.2) is 11.8 Å². The lowest BCUT2D eigenvalue weighted by molar-refractivity contribution is 0.170. The second-order valence-electron chi connectivity index (χ2n) is 3.20. The molecule has 1 aromatic rings. The van der Waals surface area contributed by atoms with Crippen LogP contribution in [0.2, 0.25) is 0 Å². The molecule has 0 atom stereocenters. The normalized spacial score (nSPS) is 12.1. The molecule has 0 amide bonds. The lowest BCUT2D eigenvalue weighted by atomic mass is 10.1. The van der Waals surface area contributed by atoms with Crippen LogP contribution in [0.3, 0.4) is 0 Å². The highest BCUT2D eigenvalue weighted by Crippen LogP contribution is 2.36. The van der Waals surface area contributed by atoms with Gasteiger partial charge in [0.2, 0.25) is 6.79 Å². The summed E-state index contributed by atoms with van der Waals surface area (Å²) in [6, 6.07) is 0. The summed E-state index contributed by atoms with van der Waals surface area (Å²) in [7, 11) is 0. The number of ether oxygens (including phenoxy) is 2. The van der Waals surface area contributed by atoms with E-state index in [1.165, 1.54) is 11.1 Å². The SMILES string of the molecule is CC.CCc1c(C)c(C)nc2c1OCO2. The maximum atomic E-state index is 5.37. The highest BCUT2D eigenvalue weighted by atomic mass is 16.7. The molecule has 1 aliphatic rings. The average Bonchev–Trinajstić information content (AvgIpc) is 2.70. The Hall–Kier alpha value is -1.25. The van der Waals surface area contributed by atoms with Crippen LogP contribution in [0.5, 0.6) is 11.6 Å². The van der Waals surface area contributed by atoms with Crippen molar-refractivity contribution >= 4 is 0 Å². The van der Waals surface area contributed by atoms with Gasteiger partial charge in [0.25, 0.3) is 5.88 Å². The Bertz CT molecular complexity index is 348. The summed E-state index contributed by atoms with van der Waals surface area (Å²) in [6.07, 6.45) is 0.959. The number of fused-ring (bicyclic) bond motifs is 1. The van der Waals surface area contributed by atoms with E-state index < -0.39 is 0 Å². The predicted octanol–water partition coefficient (Wildman–Crippen LogP) is 3.02. The van der Waals surface area contributed by atoms with Crippen molar-refractivity contribution in [1.29, 1.82) is 0 Å².